The summed E-state index contributed by atoms with van der Waals surface area (Å²) in [5, 5.41) is 0. The zero-order valence-corrected chi connectivity index (χ0v) is 10.1. The first-order valence-electron chi connectivity index (χ1n) is 6.07. The third kappa shape index (κ3) is 2.06. The molecular formula is C14H19FO. The van der Waals surface area contributed by atoms with E-state index in [9.17, 15) is 4.39 Å². The normalized spacial score (nSPS) is 17.4. The lowest BCUT2D eigenvalue weighted by atomic mass is 9.83. The van der Waals surface area contributed by atoms with Crippen LogP contribution in [0.25, 0.3) is 0 Å². The van der Waals surface area contributed by atoms with Crippen molar-refractivity contribution in [1.29, 1.82) is 0 Å². The molecule has 1 saturated carbocycles. The number of hydrogen-bond acceptors (Lipinski definition) is 1. The van der Waals surface area contributed by atoms with Crippen LogP contribution < -0.4 is 4.74 Å². The highest BCUT2D eigenvalue weighted by Crippen LogP contribution is 2.36. The smallest absolute Gasteiger partial charge is 0.133 e. The maximum absolute atomic E-state index is 14.2. The summed E-state index contributed by atoms with van der Waals surface area (Å²) >= 11 is 0. The Hall–Kier alpha value is -1.05. The van der Waals surface area contributed by atoms with Crippen LogP contribution in [0.3, 0.4) is 0 Å². The van der Waals surface area contributed by atoms with Gasteiger partial charge in [0.15, 0.2) is 0 Å². The van der Waals surface area contributed by atoms with Gasteiger partial charge in [-0.25, -0.2) is 4.39 Å². The van der Waals surface area contributed by atoms with Gasteiger partial charge in [-0.2, -0.15) is 0 Å². The molecule has 1 nitrogen and oxygen atoms in total. The summed E-state index contributed by atoms with van der Waals surface area (Å²) in [5.41, 5.74) is 1.53. The second-order valence-corrected chi connectivity index (χ2v) is 4.63. The highest BCUT2D eigenvalue weighted by Gasteiger charge is 2.20. The Morgan fingerprint density at radius 2 is 1.88 bits per heavy atom. The quantitative estimate of drug-likeness (QED) is 0.729. The van der Waals surface area contributed by atoms with Crippen molar-refractivity contribution in [3.05, 3.63) is 29.1 Å². The third-order valence-corrected chi connectivity index (χ3v) is 3.63. The van der Waals surface area contributed by atoms with Crippen LogP contribution in [-0.4, -0.2) is 7.11 Å². The lowest BCUT2D eigenvalue weighted by Gasteiger charge is -2.23. The Kier molecular flexibility index (Phi) is 3.47. The molecule has 0 saturated heterocycles. The van der Waals surface area contributed by atoms with Crippen LogP contribution in [0.5, 0.6) is 5.75 Å². The maximum atomic E-state index is 14.2. The maximum Gasteiger partial charge on any atom is 0.133 e. The van der Waals surface area contributed by atoms with E-state index in [1.165, 1.54) is 19.3 Å². The van der Waals surface area contributed by atoms with E-state index in [1.807, 2.05) is 12.1 Å². The summed E-state index contributed by atoms with van der Waals surface area (Å²) in [6.07, 6.45) is 6.02. The highest BCUT2D eigenvalue weighted by molar-refractivity contribution is 5.39. The molecule has 0 spiro atoms. The molecule has 2 rings (SSSR count). The van der Waals surface area contributed by atoms with Gasteiger partial charge < -0.3 is 4.74 Å². The molecule has 1 aliphatic rings. The first-order valence-corrected chi connectivity index (χ1v) is 6.07. The number of hydrogen-bond donors (Lipinski definition) is 0. The largest absolute Gasteiger partial charge is 0.496 e. The van der Waals surface area contributed by atoms with Crippen LogP contribution in [0.15, 0.2) is 12.1 Å². The Morgan fingerprint density at radius 3 is 2.50 bits per heavy atom. The van der Waals surface area contributed by atoms with Crippen molar-refractivity contribution in [1.82, 2.24) is 0 Å². The van der Waals surface area contributed by atoms with Gasteiger partial charge in [0.2, 0.25) is 0 Å². The van der Waals surface area contributed by atoms with E-state index in [0.29, 0.717) is 17.2 Å². The van der Waals surface area contributed by atoms with Gasteiger partial charge in [-0.3, -0.25) is 0 Å². The van der Waals surface area contributed by atoms with Gasteiger partial charge in [-0.05, 0) is 37.3 Å². The summed E-state index contributed by atoms with van der Waals surface area (Å²) in [7, 11) is 1.59. The lowest BCUT2D eigenvalue weighted by molar-refractivity contribution is 0.400. The molecule has 88 valence electrons. The summed E-state index contributed by atoms with van der Waals surface area (Å²) in [4.78, 5) is 0. The first kappa shape index (κ1) is 11.4. The van der Waals surface area contributed by atoms with Gasteiger partial charge in [0.25, 0.3) is 0 Å². The van der Waals surface area contributed by atoms with Crippen molar-refractivity contribution in [3.63, 3.8) is 0 Å². The van der Waals surface area contributed by atoms with Crippen LogP contribution >= 0.6 is 0 Å². The monoisotopic (exact) mass is 222 g/mol. The molecule has 1 fully saturated rings. The minimum absolute atomic E-state index is 0.0637. The van der Waals surface area contributed by atoms with Gasteiger partial charge >= 0.3 is 0 Å². The van der Waals surface area contributed by atoms with Crippen molar-refractivity contribution in [3.8, 4) is 5.75 Å². The number of methoxy groups -OCH3 is 1. The summed E-state index contributed by atoms with van der Waals surface area (Å²) < 4.78 is 19.3. The fraction of sp³-hybridized carbons (Fsp3) is 0.571. The van der Waals surface area contributed by atoms with E-state index < -0.39 is 0 Å². The number of benzene rings is 1. The van der Waals surface area contributed by atoms with Crippen LogP contribution in [0.4, 0.5) is 4.39 Å². The average molecular weight is 222 g/mol. The van der Waals surface area contributed by atoms with Gasteiger partial charge in [0, 0.05) is 5.56 Å². The van der Waals surface area contributed by atoms with Crippen molar-refractivity contribution in [2.45, 2.75) is 44.9 Å². The fourth-order valence-electron chi connectivity index (χ4n) is 2.64. The molecule has 0 radical (unpaired) electrons. The van der Waals surface area contributed by atoms with Crippen molar-refractivity contribution in [2.24, 2.45) is 0 Å². The van der Waals surface area contributed by atoms with Crippen LogP contribution in [0, 0.1) is 12.7 Å². The molecule has 1 aromatic carbocycles. The van der Waals surface area contributed by atoms with Gasteiger partial charge in [-0.1, -0.05) is 25.3 Å². The molecule has 0 unspecified atom stereocenters. The van der Waals surface area contributed by atoms with E-state index in [2.05, 4.69) is 0 Å². The molecule has 16 heavy (non-hydrogen) atoms. The number of rotatable bonds is 2. The predicted molar refractivity (Wildman–Crippen MR) is 63.5 cm³/mol. The van der Waals surface area contributed by atoms with Crippen molar-refractivity contribution < 1.29 is 9.13 Å². The molecule has 0 heterocycles. The topological polar surface area (TPSA) is 9.23 Å². The Bertz CT molecular complexity index is 367. The minimum Gasteiger partial charge on any atom is -0.496 e. The first-order chi connectivity index (χ1) is 7.74. The molecule has 2 heteroatoms. The van der Waals surface area contributed by atoms with E-state index in [-0.39, 0.29) is 5.82 Å². The lowest BCUT2D eigenvalue weighted by Crippen LogP contribution is -2.08. The number of ether oxygens (including phenoxy) is 1. The molecule has 0 aromatic heterocycles. The molecule has 0 N–H and O–H groups in total. The van der Waals surface area contributed by atoms with Crippen LogP contribution in [-0.2, 0) is 0 Å². The van der Waals surface area contributed by atoms with Crippen molar-refractivity contribution in [2.75, 3.05) is 7.11 Å². The Morgan fingerprint density at radius 1 is 1.19 bits per heavy atom. The average Bonchev–Trinajstić information content (AvgIpc) is 2.34. The van der Waals surface area contributed by atoms with Crippen LogP contribution in [0.1, 0.15) is 49.1 Å². The Labute approximate surface area is 96.6 Å². The fourth-order valence-corrected chi connectivity index (χ4v) is 2.64. The van der Waals surface area contributed by atoms with E-state index in [1.54, 1.807) is 14.0 Å². The van der Waals surface area contributed by atoms with Gasteiger partial charge in [-0.15, -0.1) is 0 Å². The van der Waals surface area contributed by atoms with Gasteiger partial charge in [0.1, 0.15) is 11.6 Å². The van der Waals surface area contributed by atoms with Gasteiger partial charge in [0.05, 0.1) is 7.11 Å². The SMILES string of the molecule is COc1ccc(C2CCCCC2)c(F)c1C. The van der Waals surface area contributed by atoms with Crippen molar-refractivity contribution >= 4 is 0 Å². The van der Waals surface area contributed by atoms with Crippen LogP contribution in [0.2, 0.25) is 0 Å². The summed E-state index contributed by atoms with van der Waals surface area (Å²) in [5.74, 6) is 1.00. The number of halogens is 1. The predicted octanol–water partition coefficient (Wildman–Crippen LogP) is 4.19. The zero-order valence-electron chi connectivity index (χ0n) is 10.1. The van der Waals surface area contributed by atoms with E-state index >= 15 is 0 Å². The van der Waals surface area contributed by atoms with E-state index in [0.717, 1.165) is 18.4 Å². The molecular weight excluding hydrogens is 203 g/mol. The Balaban J connectivity index is 2.30. The van der Waals surface area contributed by atoms with E-state index in [4.69, 9.17) is 4.74 Å². The summed E-state index contributed by atoms with van der Waals surface area (Å²) in [6.45, 7) is 1.79. The molecule has 0 bridgehead atoms. The molecule has 0 amide bonds. The summed E-state index contributed by atoms with van der Waals surface area (Å²) in [6, 6.07) is 3.79. The molecule has 1 aliphatic carbocycles. The second kappa shape index (κ2) is 4.86. The third-order valence-electron chi connectivity index (χ3n) is 3.63. The second-order valence-electron chi connectivity index (χ2n) is 4.63. The highest BCUT2D eigenvalue weighted by atomic mass is 19.1. The standard InChI is InChI=1S/C14H19FO/c1-10-13(16-2)9-8-12(14(10)15)11-6-4-3-5-7-11/h8-9,11H,3-7H2,1-2H3. The minimum atomic E-state index is -0.0637. The molecule has 0 aliphatic heterocycles. The zero-order chi connectivity index (χ0) is 11.5. The molecule has 1 aromatic rings. The molecule has 0 atom stereocenters.